The van der Waals surface area contributed by atoms with Crippen molar-refractivity contribution in [2.75, 3.05) is 7.11 Å². The van der Waals surface area contributed by atoms with Crippen LogP contribution in [0.4, 0.5) is 4.79 Å². The molecule has 0 fully saturated rings. The third-order valence-corrected chi connectivity index (χ3v) is 4.34. The molecule has 1 aromatic heterocycles. The van der Waals surface area contributed by atoms with Crippen LogP contribution in [0.1, 0.15) is 32.0 Å². The summed E-state index contributed by atoms with van der Waals surface area (Å²) in [6.45, 7) is 5.04. The second kappa shape index (κ2) is 11.2. The second-order valence-corrected chi connectivity index (χ2v) is 8.09. The van der Waals surface area contributed by atoms with E-state index in [-0.39, 0.29) is 13.1 Å². The molecule has 0 spiro atoms. The molecule has 0 aliphatic heterocycles. The highest BCUT2D eigenvalue weighted by Gasteiger charge is 2.26. The first-order chi connectivity index (χ1) is 15.1. The molecule has 11 heteroatoms. The van der Waals surface area contributed by atoms with Gasteiger partial charge in [0.05, 0.1) is 25.5 Å². The Labute approximate surface area is 186 Å². The van der Waals surface area contributed by atoms with Crippen LogP contribution in [0.2, 0.25) is 0 Å². The van der Waals surface area contributed by atoms with Crippen LogP contribution < -0.4 is 10.6 Å². The minimum Gasteiger partial charge on any atom is -0.480 e. The number of carboxylic acids is 1. The van der Waals surface area contributed by atoms with Crippen molar-refractivity contribution in [3.8, 4) is 0 Å². The maximum atomic E-state index is 12.2. The third-order valence-electron chi connectivity index (χ3n) is 4.34. The van der Waals surface area contributed by atoms with Gasteiger partial charge in [-0.15, -0.1) is 5.10 Å². The normalized spacial score (nSPS) is 13.1. The molecule has 0 saturated heterocycles. The summed E-state index contributed by atoms with van der Waals surface area (Å²) in [5.41, 5.74) is 0.718. The van der Waals surface area contributed by atoms with Gasteiger partial charge < -0.3 is 19.9 Å². The summed E-state index contributed by atoms with van der Waals surface area (Å²) in [5, 5.41) is 22.6. The molecule has 2 rings (SSSR count). The zero-order valence-corrected chi connectivity index (χ0v) is 18.6. The Morgan fingerprint density at radius 3 is 2.44 bits per heavy atom. The van der Waals surface area contributed by atoms with E-state index in [4.69, 9.17) is 9.47 Å². The summed E-state index contributed by atoms with van der Waals surface area (Å²) >= 11 is 0. The largest absolute Gasteiger partial charge is 0.480 e. The first-order valence-corrected chi connectivity index (χ1v) is 10.0. The Morgan fingerprint density at radius 2 is 1.84 bits per heavy atom. The highest BCUT2D eigenvalue weighted by Crippen LogP contribution is 2.09. The number of aromatic nitrogens is 3. The third kappa shape index (κ3) is 7.99. The maximum Gasteiger partial charge on any atom is 0.408 e. The lowest BCUT2D eigenvalue weighted by Crippen LogP contribution is -2.46. The fourth-order valence-corrected chi connectivity index (χ4v) is 2.84. The number of benzene rings is 1. The molecule has 0 aliphatic carbocycles. The van der Waals surface area contributed by atoms with Crippen LogP contribution in [0.3, 0.4) is 0 Å². The molecule has 11 nitrogen and oxygen atoms in total. The molecule has 1 amide bonds. The summed E-state index contributed by atoms with van der Waals surface area (Å²) in [7, 11) is 1.31. The average Bonchev–Trinajstić information content (AvgIpc) is 3.16. The molecule has 1 aromatic carbocycles. The standard InChI is InChI=1S/C21H29N5O6/c1-21(2,3)32-20(30)24-17(18(27)28)13-26-15(12-23-25-26)11-22-16(19(29)31-4)10-14-8-6-5-7-9-14/h5-9,12,16-17,22H,10-11,13H2,1-4H3,(H,24,30)(H,27,28)/t16-,17+/m1/s1. The Hall–Kier alpha value is -3.47. The van der Waals surface area contributed by atoms with Crippen molar-refractivity contribution >= 4 is 18.0 Å². The van der Waals surface area contributed by atoms with Crippen LogP contribution in [0.5, 0.6) is 0 Å². The molecule has 0 radical (unpaired) electrons. The summed E-state index contributed by atoms with van der Waals surface area (Å²) in [6.07, 6.45) is 1.02. The molecule has 0 bridgehead atoms. The first kappa shape index (κ1) is 24.8. The molecule has 0 unspecified atom stereocenters. The van der Waals surface area contributed by atoms with E-state index in [1.807, 2.05) is 30.3 Å². The van der Waals surface area contributed by atoms with E-state index in [0.717, 1.165) is 5.56 Å². The number of carboxylic acid groups (broad SMARTS) is 1. The van der Waals surface area contributed by atoms with Gasteiger partial charge in [0, 0.05) is 6.54 Å². The highest BCUT2D eigenvalue weighted by molar-refractivity contribution is 5.80. The van der Waals surface area contributed by atoms with Crippen molar-refractivity contribution in [3.63, 3.8) is 0 Å². The number of carbonyl (C=O) groups excluding carboxylic acids is 2. The van der Waals surface area contributed by atoms with Crippen molar-refractivity contribution in [1.29, 1.82) is 0 Å². The number of carbonyl (C=O) groups is 3. The van der Waals surface area contributed by atoms with Gasteiger partial charge in [-0.25, -0.2) is 14.3 Å². The van der Waals surface area contributed by atoms with Gasteiger partial charge in [0.25, 0.3) is 0 Å². The van der Waals surface area contributed by atoms with Crippen LogP contribution in [-0.2, 0) is 38.6 Å². The minimum atomic E-state index is -1.29. The van der Waals surface area contributed by atoms with Crippen LogP contribution in [-0.4, -0.2) is 62.9 Å². The molecule has 32 heavy (non-hydrogen) atoms. The van der Waals surface area contributed by atoms with Crippen LogP contribution >= 0.6 is 0 Å². The van der Waals surface area contributed by atoms with Crippen molar-refractivity contribution in [2.45, 2.75) is 58.0 Å². The summed E-state index contributed by atoms with van der Waals surface area (Å²) < 4.78 is 11.4. The predicted molar refractivity (Wildman–Crippen MR) is 114 cm³/mol. The molecule has 174 valence electrons. The van der Waals surface area contributed by atoms with Gasteiger partial charge in [0.2, 0.25) is 0 Å². The molecule has 0 aliphatic rings. The molecular weight excluding hydrogens is 418 g/mol. The number of nitrogens with one attached hydrogen (secondary N) is 2. The number of aliphatic carboxylic acids is 1. The molecule has 2 atom stereocenters. The van der Waals surface area contributed by atoms with E-state index >= 15 is 0 Å². The summed E-state index contributed by atoms with van der Waals surface area (Å²) in [4.78, 5) is 35.8. The van der Waals surface area contributed by atoms with E-state index < -0.39 is 35.7 Å². The predicted octanol–water partition coefficient (Wildman–Crippen LogP) is 1.13. The average molecular weight is 447 g/mol. The number of alkyl carbamates (subject to hydrolysis) is 1. The van der Waals surface area contributed by atoms with Gasteiger partial charge >= 0.3 is 18.0 Å². The van der Waals surface area contributed by atoms with E-state index in [0.29, 0.717) is 12.1 Å². The van der Waals surface area contributed by atoms with Gasteiger partial charge in [0.1, 0.15) is 17.7 Å². The van der Waals surface area contributed by atoms with Crippen LogP contribution in [0, 0.1) is 0 Å². The number of hydrogen-bond donors (Lipinski definition) is 3. The first-order valence-electron chi connectivity index (χ1n) is 10.0. The van der Waals surface area contributed by atoms with E-state index in [1.54, 1.807) is 20.8 Å². The van der Waals surface area contributed by atoms with Crippen molar-refractivity contribution < 1.29 is 29.0 Å². The number of amides is 1. The molecule has 3 N–H and O–H groups in total. The number of nitrogens with zero attached hydrogens (tertiary/aromatic N) is 3. The number of methoxy groups -OCH3 is 1. The van der Waals surface area contributed by atoms with Crippen molar-refractivity contribution in [2.24, 2.45) is 0 Å². The van der Waals surface area contributed by atoms with Gasteiger partial charge in [0.15, 0.2) is 0 Å². The van der Waals surface area contributed by atoms with Crippen LogP contribution in [0.25, 0.3) is 0 Å². The SMILES string of the molecule is COC(=O)[C@@H](Cc1ccccc1)NCc1cnnn1C[C@H](NC(=O)OC(C)(C)C)C(=O)O. The van der Waals surface area contributed by atoms with Crippen LogP contribution in [0.15, 0.2) is 36.5 Å². The Balaban J connectivity index is 2.05. The zero-order valence-electron chi connectivity index (χ0n) is 18.6. The number of hydrogen-bond acceptors (Lipinski definition) is 8. The highest BCUT2D eigenvalue weighted by atomic mass is 16.6. The lowest BCUT2D eigenvalue weighted by molar-refractivity contribution is -0.143. The molecule has 1 heterocycles. The summed E-state index contributed by atoms with van der Waals surface area (Å²) in [6, 6.07) is 7.55. The van der Waals surface area contributed by atoms with Gasteiger partial charge in [-0.1, -0.05) is 35.5 Å². The van der Waals surface area contributed by atoms with Gasteiger partial charge in [-0.3, -0.25) is 10.1 Å². The van der Waals surface area contributed by atoms with E-state index in [9.17, 15) is 19.5 Å². The van der Waals surface area contributed by atoms with Crippen molar-refractivity contribution in [1.82, 2.24) is 25.6 Å². The Bertz CT molecular complexity index is 909. The fraction of sp³-hybridized carbons (Fsp3) is 0.476. The summed E-state index contributed by atoms with van der Waals surface area (Å²) in [5.74, 6) is -1.68. The molecular formula is C21H29N5O6. The lowest BCUT2D eigenvalue weighted by Gasteiger charge is -2.22. The monoisotopic (exact) mass is 447 g/mol. The molecule has 0 saturated carbocycles. The quantitative estimate of drug-likeness (QED) is 0.456. The minimum absolute atomic E-state index is 0.173. The number of ether oxygens (including phenoxy) is 2. The number of esters is 1. The van der Waals surface area contributed by atoms with E-state index in [1.165, 1.54) is 18.0 Å². The Kier molecular flexibility index (Phi) is 8.71. The Morgan fingerprint density at radius 1 is 1.16 bits per heavy atom. The van der Waals surface area contributed by atoms with E-state index in [2.05, 4.69) is 20.9 Å². The maximum absolute atomic E-state index is 12.2. The smallest absolute Gasteiger partial charge is 0.408 e. The van der Waals surface area contributed by atoms with Crippen molar-refractivity contribution in [3.05, 3.63) is 47.8 Å². The lowest BCUT2D eigenvalue weighted by atomic mass is 10.1. The zero-order chi connectivity index (χ0) is 23.7. The second-order valence-electron chi connectivity index (χ2n) is 8.09. The van der Waals surface area contributed by atoms with Gasteiger partial charge in [-0.05, 0) is 32.8 Å². The number of rotatable bonds is 10. The topological polar surface area (TPSA) is 145 Å². The van der Waals surface area contributed by atoms with Gasteiger partial charge in [-0.2, -0.15) is 0 Å². The fourth-order valence-electron chi connectivity index (χ4n) is 2.84. The molecule has 2 aromatic rings.